The largest absolute Gasteiger partial charge is 0.493 e. The molecule has 6 heteroatoms. The van der Waals surface area contributed by atoms with Gasteiger partial charge in [-0.2, -0.15) is 0 Å². The van der Waals surface area contributed by atoms with E-state index in [1.165, 1.54) is 5.56 Å². The van der Waals surface area contributed by atoms with Crippen LogP contribution in [0.5, 0.6) is 11.5 Å². The fourth-order valence-electron chi connectivity index (χ4n) is 3.14. The summed E-state index contributed by atoms with van der Waals surface area (Å²) in [6.45, 7) is 5.65. The van der Waals surface area contributed by atoms with Gasteiger partial charge < -0.3 is 14.8 Å². The lowest BCUT2D eigenvalue weighted by Crippen LogP contribution is -2.40. The molecule has 0 saturated carbocycles. The first-order chi connectivity index (χ1) is 12.1. The van der Waals surface area contributed by atoms with Gasteiger partial charge >= 0.3 is 0 Å². The average Bonchev–Trinajstić information content (AvgIpc) is 2.63. The summed E-state index contributed by atoms with van der Waals surface area (Å²) < 4.78 is 11.7. The minimum Gasteiger partial charge on any atom is -0.493 e. The third-order valence-electron chi connectivity index (χ3n) is 4.73. The van der Waals surface area contributed by atoms with E-state index in [2.05, 4.69) is 33.1 Å². The minimum atomic E-state index is 0.155. The Balaban J connectivity index is 1.88. The summed E-state index contributed by atoms with van der Waals surface area (Å²) in [7, 11) is 3.29. The Kier molecular flexibility index (Phi) is 8.03. The standard InChI is InChI=1S/C19H29BrN2O3/c1-4-5-8-21-19(23)14-6-9-22(10-7-14)13-15-11-17(24-2)18(25-3)12-16(15)20/h11-12,14H,4-10,13H2,1-3H3,(H,21,23). The Hall–Kier alpha value is -1.27. The molecule has 1 fully saturated rings. The van der Waals surface area contributed by atoms with Crippen LogP contribution in [0, 0.1) is 5.92 Å². The van der Waals surface area contributed by atoms with Crippen LogP contribution in [-0.2, 0) is 11.3 Å². The molecule has 0 radical (unpaired) electrons. The molecule has 0 unspecified atom stereocenters. The van der Waals surface area contributed by atoms with Gasteiger partial charge in [-0.05, 0) is 50.0 Å². The Bertz CT molecular complexity index is 572. The van der Waals surface area contributed by atoms with Crippen molar-refractivity contribution >= 4 is 21.8 Å². The topological polar surface area (TPSA) is 50.8 Å². The molecule has 1 aromatic rings. The Labute approximate surface area is 159 Å². The summed E-state index contributed by atoms with van der Waals surface area (Å²) >= 11 is 3.62. The van der Waals surface area contributed by atoms with E-state index in [-0.39, 0.29) is 11.8 Å². The molecule has 2 rings (SSSR count). The van der Waals surface area contributed by atoms with Crippen LogP contribution < -0.4 is 14.8 Å². The van der Waals surface area contributed by atoms with Crippen LogP contribution in [0.3, 0.4) is 0 Å². The van der Waals surface area contributed by atoms with Gasteiger partial charge in [-0.3, -0.25) is 9.69 Å². The van der Waals surface area contributed by atoms with Gasteiger partial charge in [-0.15, -0.1) is 0 Å². The van der Waals surface area contributed by atoms with Crippen molar-refractivity contribution in [2.24, 2.45) is 5.92 Å². The second-order valence-electron chi connectivity index (χ2n) is 6.49. The van der Waals surface area contributed by atoms with Crippen molar-refractivity contribution in [3.05, 3.63) is 22.2 Å². The molecule has 1 aromatic carbocycles. The number of nitrogens with one attached hydrogen (secondary N) is 1. The predicted molar refractivity (Wildman–Crippen MR) is 103 cm³/mol. The van der Waals surface area contributed by atoms with Gasteiger partial charge in [0.2, 0.25) is 5.91 Å². The molecule has 1 aliphatic heterocycles. The number of halogens is 1. The molecule has 0 spiro atoms. The molecule has 140 valence electrons. The number of likely N-dealkylation sites (tertiary alicyclic amines) is 1. The van der Waals surface area contributed by atoms with E-state index >= 15 is 0 Å². The van der Waals surface area contributed by atoms with Crippen molar-refractivity contribution in [2.75, 3.05) is 33.9 Å². The number of ether oxygens (including phenoxy) is 2. The molecule has 1 heterocycles. The van der Waals surface area contributed by atoms with E-state index in [9.17, 15) is 4.79 Å². The highest BCUT2D eigenvalue weighted by molar-refractivity contribution is 9.10. The molecular weight excluding hydrogens is 384 g/mol. The lowest BCUT2D eigenvalue weighted by molar-refractivity contribution is -0.126. The SMILES string of the molecule is CCCCNC(=O)C1CCN(Cc2cc(OC)c(OC)cc2Br)CC1. The third-order valence-corrected chi connectivity index (χ3v) is 5.47. The molecular formula is C19H29BrN2O3. The lowest BCUT2D eigenvalue weighted by Gasteiger charge is -2.31. The molecule has 0 aromatic heterocycles. The van der Waals surface area contributed by atoms with Crippen molar-refractivity contribution < 1.29 is 14.3 Å². The second-order valence-corrected chi connectivity index (χ2v) is 7.35. The van der Waals surface area contributed by atoms with Crippen molar-refractivity contribution in [1.82, 2.24) is 10.2 Å². The summed E-state index contributed by atoms with van der Waals surface area (Å²) in [5.41, 5.74) is 1.17. The molecule has 1 amide bonds. The number of carbonyl (C=O) groups excluding carboxylic acids is 1. The summed E-state index contributed by atoms with van der Waals surface area (Å²) in [5.74, 6) is 1.84. The predicted octanol–water partition coefficient (Wildman–Crippen LogP) is 3.59. The Morgan fingerprint density at radius 1 is 1.24 bits per heavy atom. The number of benzene rings is 1. The number of amides is 1. The number of hydrogen-bond acceptors (Lipinski definition) is 4. The Morgan fingerprint density at radius 2 is 1.88 bits per heavy atom. The quantitative estimate of drug-likeness (QED) is 0.662. The van der Waals surface area contributed by atoms with Crippen LogP contribution in [0.25, 0.3) is 0 Å². The number of carbonyl (C=O) groups is 1. The highest BCUT2D eigenvalue weighted by Crippen LogP contribution is 2.34. The molecule has 1 saturated heterocycles. The van der Waals surface area contributed by atoms with Crippen molar-refractivity contribution in [1.29, 1.82) is 0 Å². The number of hydrogen-bond donors (Lipinski definition) is 1. The molecule has 5 nitrogen and oxygen atoms in total. The highest BCUT2D eigenvalue weighted by atomic mass is 79.9. The van der Waals surface area contributed by atoms with E-state index in [1.807, 2.05) is 12.1 Å². The summed E-state index contributed by atoms with van der Waals surface area (Å²) in [6.07, 6.45) is 4.00. The normalized spacial score (nSPS) is 15.8. The molecule has 0 atom stereocenters. The number of nitrogens with zero attached hydrogens (tertiary/aromatic N) is 1. The maximum absolute atomic E-state index is 12.2. The van der Waals surface area contributed by atoms with Gasteiger partial charge in [0, 0.05) is 23.5 Å². The first kappa shape index (κ1) is 20.0. The molecule has 0 aliphatic carbocycles. The fraction of sp³-hybridized carbons (Fsp3) is 0.632. The number of rotatable bonds is 8. The van der Waals surface area contributed by atoms with Crippen LogP contribution in [0.4, 0.5) is 0 Å². The first-order valence-electron chi connectivity index (χ1n) is 8.99. The lowest BCUT2D eigenvalue weighted by atomic mass is 9.95. The zero-order valence-electron chi connectivity index (χ0n) is 15.4. The van der Waals surface area contributed by atoms with Gasteiger partial charge in [0.25, 0.3) is 0 Å². The van der Waals surface area contributed by atoms with Crippen molar-refractivity contribution in [3.8, 4) is 11.5 Å². The molecule has 25 heavy (non-hydrogen) atoms. The zero-order valence-corrected chi connectivity index (χ0v) is 17.0. The van der Waals surface area contributed by atoms with Crippen LogP contribution in [0.15, 0.2) is 16.6 Å². The minimum absolute atomic E-state index is 0.155. The maximum atomic E-state index is 12.2. The highest BCUT2D eigenvalue weighted by Gasteiger charge is 2.25. The first-order valence-corrected chi connectivity index (χ1v) is 9.78. The van der Waals surface area contributed by atoms with Gasteiger partial charge in [-0.25, -0.2) is 0 Å². The molecule has 1 aliphatic rings. The van der Waals surface area contributed by atoms with Crippen LogP contribution >= 0.6 is 15.9 Å². The van der Waals surface area contributed by atoms with E-state index in [0.29, 0.717) is 0 Å². The molecule has 0 bridgehead atoms. The summed E-state index contributed by atoms with van der Waals surface area (Å²) in [4.78, 5) is 14.6. The fourth-order valence-corrected chi connectivity index (χ4v) is 3.59. The smallest absolute Gasteiger partial charge is 0.223 e. The third kappa shape index (κ3) is 5.61. The van der Waals surface area contributed by atoms with Gasteiger partial charge in [0.1, 0.15) is 0 Å². The monoisotopic (exact) mass is 412 g/mol. The zero-order chi connectivity index (χ0) is 18.2. The van der Waals surface area contributed by atoms with Crippen LogP contribution in [0.1, 0.15) is 38.2 Å². The van der Waals surface area contributed by atoms with E-state index < -0.39 is 0 Å². The van der Waals surface area contributed by atoms with Crippen LogP contribution in [-0.4, -0.2) is 44.7 Å². The number of unbranched alkanes of at least 4 members (excludes halogenated alkanes) is 1. The van der Waals surface area contributed by atoms with E-state index in [0.717, 1.165) is 67.8 Å². The van der Waals surface area contributed by atoms with Crippen molar-refractivity contribution in [2.45, 2.75) is 39.2 Å². The number of methoxy groups -OCH3 is 2. The second kappa shape index (κ2) is 10.0. The average molecular weight is 413 g/mol. The molecule has 1 N–H and O–H groups in total. The number of piperidine rings is 1. The summed E-state index contributed by atoms with van der Waals surface area (Å²) in [6, 6.07) is 3.97. The maximum Gasteiger partial charge on any atom is 0.223 e. The van der Waals surface area contributed by atoms with E-state index in [4.69, 9.17) is 9.47 Å². The Morgan fingerprint density at radius 3 is 2.48 bits per heavy atom. The van der Waals surface area contributed by atoms with Crippen molar-refractivity contribution in [3.63, 3.8) is 0 Å². The van der Waals surface area contributed by atoms with Gasteiger partial charge in [0.05, 0.1) is 14.2 Å². The van der Waals surface area contributed by atoms with Gasteiger partial charge in [0.15, 0.2) is 11.5 Å². The van der Waals surface area contributed by atoms with E-state index in [1.54, 1.807) is 14.2 Å². The summed E-state index contributed by atoms with van der Waals surface area (Å²) in [5, 5.41) is 3.06. The van der Waals surface area contributed by atoms with Crippen LogP contribution in [0.2, 0.25) is 0 Å². The van der Waals surface area contributed by atoms with Gasteiger partial charge in [-0.1, -0.05) is 29.3 Å².